The first-order valence-corrected chi connectivity index (χ1v) is 17.4. The Morgan fingerprint density at radius 3 is 1.79 bits per heavy atom. The van der Waals surface area contributed by atoms with Crippen molar-refractivity contribution in [1.82, 2.24) is 36.6 Å². The van der Waals surface area contributed by atoms with Gasteiger partial charge in [0.15, 0.2) is 0 Å². The number of carboxylic acid groups (broad SMARTS) is 2. The number of nitrogens with two attached hydrogens (primary N) is 2. The van der Waals surface area contributed by atoms with Crippen molar-refractivity contribution in [2.75, 3.05) is 6.54 Å². The van der Waals surface area contributed by atoms with Gasteiger partial charge in [0.1, 0.15) is 29.9 Å². The van der Waals surface area contributed by atoms with Crippen molar-refractivity contribution in [3.05, 3.63) is 83.9 Å². The molecule has 0 saturated carbocycles. The molecule has 13 N–H and O–H groups in total. The lowest BCUT2D eigenvalue weighted by Gasteiger charge is -2.26. The lowest BCUT2D eigenvalue weighted by molar-refractivity contribution is -0.142. The highest BCUT2D eigenvalue weighted by Gasteiger charge is 2.32. The van der Waals surface area contributed by atoms with Crippen LogP contribution in [0.1, 0.15) is 42.5 Å². The van der Waals surface area contributed by atoms with Crippen LogP contribution in [0.15, 0.2) is 67.1 Å². The number of aromatic nitrogens is 2. The maximum atomic E-state index is 14.0. The number of carboxylic acids is 2. The summed E-state index contributed by atoms with van der Waals surface area (Å²) in [6, 6.07) is 7.29. The molecule has 0 aliphatic rings. The van der Waals surface area contributed by atoms with Crippen molar-refractivity contribution in [2.24, 2.45) is 11.5 Å². The quantitative estimate of drug-likeness (QED) is 0.0485. The Morgan fingerprint density at radius 1 is 0.679 bits per heavy atom. The first-order chi connectivity index (χ1) is 26.6. The maximum absolute atomic E-state index is 14.0. The summed E-state index contributed by atoms with van der Waals surface area (Å²) in [5, 5.41) is 40.7. The fourth-order valence-electron chi connectivity index (χ4n) is 5.28. The Kier molecular flexibility index (Phi) is 16.9. The fraction of sp³-hybridized carbons (Fsp3) is 0.361. The van der Waals surface area contributed by atoms with E-state index in [2.05, 4.69) is 36.6 Å². The predicted octanol–water partition coefficient (Wildman–Crippen LogP) is -2.26. The van der Waals surface area contributed by atoms with Gasteiger partial charge in [-0.05, 0) is 36.1 Å². The van der Waals surface area contributed by atoms with E-state index in [0.717, 1.165) is 0 Å². The summed E-state index contributed by atoms with van der Waals surface area (Å²) in [6.07, 6.45) is 1.04. The van der Waals surface area contributed by atoms with Gasteiger partial charge in [-0.1, -0.05) is 42.5 Å². The van der Waals surface area contributed by atoms with Gasteiger partial charge in [0.2, 0.25) is 35.4 Å². The van der Waals surface area contributed by atoms with Crippen molar-refractivity contribution in [3.63, 3.8) is 0 Å². The number of aromatic hydroxyl groups is 1. The molecule has 20 nitrogen and oxygen atoms in total. The van der Waals surface area contributed by atoms with Crippen molar-refractivity contribution < 1.29 is 53.7 Å². The number of amides is 6. The Morgan fingerprint density at radius 2 is 1.25 bits per heavy atom. The van der Waals surface area contributed by atoms with Gasteiger partial charge in [0.05, 0.1) is 18.9 Å². The molecule has 56 heavy (non-hydrogen) atoms. The molecule has 3 aromatic rings. The smallest absolute Gasteiger partial charge is 0.326 e. The van der Waals surface area contributed by atoms with E-state index < -0.39 is 84.1 Å². The number of rotatable bonds is 23. The fourth-order valence-corrected chi connectivity index (χ4v) is 5.28. The molecule has 5 atom stereocenters. The van der Waals surface area contributed by atoms with E-state index in [1.807, 2.05) is 0 Å². The normalized spacial score (nSPS) is 13.4. The Labute approximate surface area is 320 Å². The number of benzene rings is 2. The van der Waals surface area contributed by atoms with E-state index in [0.29, 0.717) is 16.8 Å². The highest BCUT2D eigenvalue weighted by molar-refractivity contribution is 5.96. The van der Waals surface area contributed by atoms with Crippen LogP contribution in [0, 0.1) is 0 Å². The monoisotopic (exact) mass is 779 g/mol. The van der Waals surface area contributed by atoms with Crippen LogP contribution in [-0.2, 0) is 57.6 Å². The average Bonchev–Trinajstić information content (AvgIpc) is 3.68. The maximum Gasteiger partial charge on any atom is 0.326 e. The number of H-pyrrole nitrogens is 1. The van der Waals surface area contributed by atoms with Gasteiger partial charge >= 0.3 is 11.9 Å². The molecular weight excluding hydrogens is 734 g/mol. The Balaban J connectivity index is 1.84. The molecule has 6 amide bonds. The minimum Gasteiger partial charge on any atom is -0.508 e. The van der Waals surface area contributed by atoms with E-state index in [4.69, 9.17) is 16.6 Å². The third-order valence-electron chi connectivity index (χ3n) is 8.28. The number of phenols is 1. The van der Waals surface area contributed by atoms with Gasteiger partial charge in [-0.2, -0.15) is 0 Å². The highest BCUT2D eigenvalue weighted by atomic mass is 16.4. The number of primary amides is 1. The first kappa shape index (κ1) is 43.6. The topological polar surface area (TPSA) is 338 Å². The molecule has 0 radical (unpaired) electrons. The third kappa shape index (κ3) is 15.3. The predicted molar refractivity (Wildman–Crippen MR) is 196 cm³/mol. The number of carbonyl (C=O) groups excluding carboxylic acids is 6. The van der Waals surface area contributed by atoms with Crippen LogP contribution in [0.5, 0.6) is 5.75 Å². The second kappa shape index (κ2) is 21.8. The summed E-state index contributed by atoms with van der Waals surface area (Å²) in [5.74, 6) is -7.77. The molecule has 0 unspecified atom stereocenters. The van der Waals surface area contributed by atoms with Crippen LogP contribution in [0.2, 0.25) is 0 Å². The molecule has 3 rings (SSSR count). The van der Waals surface area contributed by atoms with Crippen LogP contribution in [-0.4, -0.2) is 109 Å². The van der Waals surface area contributed by atoms with Crippen molar-refractivity contribution in [2.45, 2.75) is 75.2 Å². The van der Waals surface area contributed by atoms with E-state index in [1.165, 1.54) is 36.8 Å². The Hall–Kier alpha value is -6.83. The summed E-state index contributed by atoms with van der Waals surface area (Å²) < 4.78 is 0. The zero-order chi connectivity index (χ0) is 41.2. The van der Waals surface area contributed by atoms with Gasteiger partial charge in [-0.25, -0.2) is 9.78 Å². The molecule has 0 saturated heterocycles. The molecule has 0 spiro atoms. The molecular formula is C36H45N9O11. The summed E-state index contributed by atoms with van der Waals surface area (Å²) in [6.45, 7) is -0.667. The standard InChI is InChI=1S/C36H45N9O11/c37-24(10-13-31(49)50)32(51)40-18-30(48)42-25(11-12-29(38)47)33(52)43-26(14-20-4-2-1-3-5-20)34(53)44-27(15-21-6-8-23(46)9-7-21)35(54)45-28(36(55)56)16-22-17-39-19-41-22/h1-9,17,19,24-28,46H,10-16,18,37H2,(H2,38,47)(H,39,41)(H,40,51)(H,42,48)(H,43,52)(H,44,53)(H,45,54)(H,49,50)(H,55,56)/t24-,25-,26-,27-,28-/m0/s1. The number of phenolic OH excluding ortho intramolecular Hbond substituents is 1. The van der Waals surface area contributed by atoms with Crippen molar-refractivity contribution in [1.29, 1.82) is 0 Å². The van der Waals surface area contributed by atoms with Gasteiger partial charge in [0.25, 0.3) is 0 Å². The van der Waals surface area contributed by atoms with E-state index in [-0.39, 0.29) is 50.7 Å². The van der Waals surface area contributed by atoms with Crippen LogP contribution < -0.4 is 38.1 Å². The minimum absolute atomic E-state index is 0.0606. The lowest BCUT2D eigenvalue weighted by Crippen LogP contribution is -2.59. The summed E-state index contributed by atoms with van der Waals surface area (Å²) in [5.41, 5.74) is 12.4. The number of nitrogens with zero attached hydrogens (tertiary/aromatic N) is 1. The van der Waals surface area contributed by atoms with Crippen LogP contribution in [0.4, 0.5) is 0 Å². The molecule has 0 fully saturated rings. The molecule has 20 heteroatoms. The molecule has 0 aliphatic carbocycles. The summed E-state index contributed by atoms with van der Waals surface area (Å²) in [7, 11) is 0. The number of aliphatic carboxylic acids is 2. The number of nitrogens with one attached hydrogen (secondary N) is 6. The zero-order valence-electron chi connectivity index (χ0n) is 30.1. The molecule has 2 aromatic carbocycles. The SMILES string of the molecule is NC(=O)CC[C@H](NC(=O)CNC(=O)[C@@H](N)CCC(=O)O)C(=O)N[C@@H](Cc1ccccc1)C(=O)N[C@@H](Cc1ccc(O)cc1)C(=O)N[C@@H](Cc1cnc[nH]1)C(=O)O. The second-order valence-electron chi connectivity index (χ2n) is 12.7. The number of carbonyl (C=O) groups is 8. The Bertz CT molecular complexity index is 1820. The second-order valence-corrected chi connectivity index (χ2v) is 12.7. The summed E-state index contributed by atoms with van der Waals surface area (Å²) >= 11 is 0. The highest BCUT2D eigenvalue weighted by Crippen LogP contribution is 2.13. The largest absolute Gasteiger partial charge is 0.508 e. The van der Waals surface area contributed by atoms with Gasteiger partial charge in [-0.3, -0.25) is 33.6 Å². The lowest BCUT2D eigenvalue weighted by atomic mass is 10.0. The minimum atomic E-state index is -1.45. The molecule has 0 aliphatic heterocycles. The zero-order valence-corrected chi connectivity index (χ0v) is 30.1. The van der Waals surface area contributed by atoms with Crippen LogP contribution in [0.3, 0.4) is 0 Å². The number of aromatic amines is 1. The average molecular weight is 780 g/mol. The van der Waals surface area contributed by atoms with E-state index in [1.54, 1.807) is 30.3 Å². The van der Waals surface area contributed by atoms with Crippen molar-refractivity contribution in [3.8, 4) is 5.75 Å². The van der Waals surface area contributed by atoms with Gasteiger partial charge in [0, 0.05) is 44.0 Å². The van der Waals surface area contributed by atoms with Crippen molar-refractivity contribution >= 4 is 47.4 Å². The number of hydrogen-bond donors (Lipinski definition) is 11. The molecule has 0 bridgehead atoms. The summed E-state index contributed by atoms with van der Waals surface area (Å²) in [4.78, 5) is 108. The van der Waals surface area contributed by atoms with Crippen LogP contribution in [0.25, 0.3) is 0 Å². The molecule has 1 heterocycles. The van der Waals surface area contributed by atoms with E-state index in [9.17, 15) is 48.6 Å². The number of imidazole rings is 1. The van der Waals surface area contributed by atoms with Crippen LogP contribution >= 0.6 is 0 Å². The molecule has 1 aromatic heterocycles. The van der Waals surface area contributed by atoms with Gasteiger partial charge in [-0.15, -0.1) is 0 Å². The van der Waals surface area contributed by atoms with E-state index >= 15 is 0 Å². The first-order valence-electron chi connectivity index (χ1n) is 17.4. The molecule has 300 valence electrons. The third-order valence-corrected chi connectivity index (χ3v) is 8.28. The van der Waals surface area contributed by atoms with Gasteiger partial charge < -0.3 is 58.4 Å². The number of hydrogen-bond acceptors (Lipinski definition) is 11.